The first-order valence-corrected chi connectivity index (χ1v) is 7.88. The maximum Gasteiger partial charge on any atom is 0.441 e. The Morgan fingerprint density at radius 1 is 1.60 bits per heavy atom. The number of nitrogens with two attached hydrogens (primary N) is 1. The van der Waals surface area contributed by atoms with Gasteiger partial charge in [-0.15, -0.1) is 0 Å². The smallest absolute Gasteiger partial charge is 0.441 e. The van der Waals surface area contributed by atoms with E-state index >= 15 is 0 Å². The molecule has 2 atom stereocenters. The summed E-state index contributed by atoms with van der Waals surface area (Å²) in [6, 6.07) is -0.734. The molecule has 112 valence electrons. The van der Waals surface area contributed by atoms with Crippen molar-refractivity contribution in [3.05, 3.63) is 16.4 Å². The third kappa shape index (κ3) is 3.63. The molecule has 0 radical (unpaired) electrons. The van der Waals surface area contributed by atoms with Crippen LogP contribution in [0.2, 0.25) is 0 Å². The summed E-state index contributed by atoms with van der Waals surface area (Å²) in [6.07, 6.45) is 4.20. The first kappa shape index (κ1) is 15.1. The van der Waals surface area contributed by atoms with Crippen LogP contribution < -0.4 is 11.5 Å². The third-order valence-corrected chi connectivity index (χ3v) is 4.60. The number of hydrogen-bond donors (Lipinski definition) is 2. The van der Waals surface area contributed by atoms with Crippen LogP contribution in [0.25, 0.3) is 0 Å². The SMILES string of the molecule is NC(CCSCC1CCCCc2noc(=O)n21)C(=O)O. The number of rotatable bonds is 6. The Morgan fingerprint density at radius 3 is 3.15 bits per heavy atom. The lowest BCUT2D eigenvalue weighted by atomic mass is 10.1. The van der Waals surface area contributed by atoms with Crippen LogP contribution in [0, 0.1) is 0 Å². The molecule has 7 nitrogen and oxygen atoms in total. The van der Waals surface area contributed by atoms with Crippen molar-refractivity contribution < 1.29 is 14.4 Å². The second kappa shape index (κ2) is 6.94. The highest BCUT2D eigenvalue weighted by molar-refractivity contribution is 7.99. The van der Waals surface area contributed by atoms with Gasteiger partial charge in [0, 0.05) is 12.2 Å². The first-order valence-electron chi connectivity index (χ1n) is 6.73. The van der Waals surface area contributed by atoms with Crippen LogP contribution in [0.4, 0.5) is 0 Å². The van der Waals surface area contributed by atoms with Crippen molar-refractivity contribution in [3.8, 4) is 0 Å². The second-order valence-electron chi connectivity index (χ2n) is 4.94. The van der Waals surface area contributed by atoms with Gasteiger partial charge in [-0.3, -0.25) is 13.9 Å². The van der Waals surface area contributed by atoms with Crippen molar-refractivity contribution in [2.75, 3.05) is 11.5 Å². The summed E-state index contributed by atoms with van der Waals surface area (Å²) in [5, 5.41) is 12.5. The Labute approximate surface area is 120 Å². The van der Waals surface area contributed by atoms with E-state index in [0.717, 1.165) is 37.3 Å². The molecule has 1 aliphatic rings. The number of carboxylic acid groups (broad SMARTS) is 1. The molecule has 2 unspecified atom stereocenters. The highest BCUT2D eigenvalue weighted by atomic mass is 32.2. The fraction of sp³-hybridized carbons (Fsp3) is 0.750. The predicted octanol–water partition coefficient (Wildman–Crippen LogP) is 0.639. The molecule has 0 saturated carbocycles. The highest BCUT2D eigenvalue weighted by Gasteiger charge is 2.23. The summed E-state index contributed by atoms with van der Waals surface area (Å²) >= 11 is 1.62. The summed E-state index contributed by atoms with van der Waals surface area (Å²) in [5.41, 5.74) is 5.45. The molecule has 0 aliphatic carbocycles. The van der Waals surface area contributed by atoms with Gasteiger partial charge in [-0.2, -0.15) is 11.8 Å². The number of aromatic nitrogens is 2. The van der Waals surface area contributed by atoms with E-state index in [1.165, 1.54) is 0 Å². The molecule has 0 bridgehead atoms. The van der Waals surface area contributed by atoms with E-state index in [9.17, 15) is 9.59 Å². The van der Waals surface area contributed by atoms with Crippen LogP contribution in [0.1, 0.15) is 37.5 Å². The van der Waals surface area contributed by atoms with Crippen LogP contribution in [0.15, 0.2) is 9.32 Å². The van der Waals surface area contributed by atoms with Gasteiger partial charge in [0.2, 0.25) is 0 Å². The number of aryl methyl sites for hydroxylation is 1. The van der Waals surface area contributed by atoms with Crippen molar-refractivity contribution in [1.82, 2.24) is 9.72 Å². The Morgan fingerprint density at radius 2 is 2.40 bits per heavy atom. The first-order chi connectivity index (χ1) is 9.59. The maximum absolute atomic E-state index is 11.7. The third-order valence-electron chi connectivity index (χ3n) is 3.46. The van der Waals surface area contributed by atoms with Crippen molar-refractivity contribution in [3.63, 3.8) is 0 Å². The number of nitrogens with zero attached hydrogens (tertiary/aromatic N) is 2. The topological polar surface area (TPSA) is 111 Å². The lowest BCUT2D eigenvalue weighted by molar-refractivity contribution is -0.138. The van der Waals surface area contributed by atoms with E-state index in [-0.39, 0.29) is 6.04 Å². The van der Waals surface area contributed by atoms with Gasteiger partial charge in [0.25, 0.3) is 0 Å². The molecule has 2 rings (SSSR count). The normalized spacial score (nSPS) is 20.1. The van der Waals surface area contributed by atoms with E-state index < -0.39 is 17.8 Å². The Balaban J connectivity index is 1.88. The minimum absolute atomic E-state index is 0.0808. The molecule has 0 saturated heterocycles. The van der Waals surface area contributed by atoms with Gasteiger partial charge in [0.15, 0.2) is 5.82 Å². The molecule has 0 fully saturated rings. The fourth-order valence-corrected chi connectivity index (χ4v) is 3.49. The molecular weight excluding hydrogens is 282 g/mol. The van der Waals surface area contributed by atoms with Crippen LogP contribution in [-0.4, -0.2) is 38.3 Å². The van der Waals surface area contributed by atoms with Gasteiger partial charge in [0.1, 0.15) is 6.04 Å². The molecule has 20 heavy (non-hydrogen) atoms. The largest absolute Gasteiger partial charge is 0.480 e. The monoisotopic (exact) mass is 301 g/mol. The van der Waals surface area contributed by atoms with Crippen LogP contribution >= 0.6 is 11.8 Å². The van der Waals surface area contributed by atoms with Gasteiger partial charge in [-0.05, 0) is 25.0 Å². The highest BCUT2D eigenvalue weighted by Crippen LogP contribution is 2.25. The fourth-order valence-electron chi connectivity index (χ4n) is 2.31. The summed E-state index contributed by atoms with van der Waals surface area (Å²) in [5.74, 6) is 0.771. The van der Waals surface area contributed by atoms with Crippen LogP contribution in [0.5, 0.6) is 0 Å². The molecule has 0 spiro atoms. The Bertz CT molecular complexity index is 513. The van der Waals surface area contributed by atoms with Gasteiger partial charge >= 0.3 is 11.7 Å². The number of fused-ring (bicyclic) bond motifs is 1. The zero-order chi connectivity index (χ0) is 14.5. The molecule has 1 aromatic rings. The average molecular weight is 301 g/mol. The number of hydrogen-bond acceptors (Lipinski definition) is 6. The van der Waals surface area contributed by atoms with Gasteiger partial charge in [0.05, 0.1) is 6.04 Å². The average Bonchev–Trinajstić information content (AvgIpc) is 2.66. The molecular formula is C12H19N3O4S. The zero-order valence-corrected chi connectivity index (χ0v) is 12.0. The van der Waals surface area contributed by atoms with Gasteiger partial charge in [-0.1, -0.05) is 11.6 Å². The number of carboxylic acids is 1. The molecule has 0 amide bonds. The summed E-state index contributed by atoms with van der Waals surface area (Å²) in [6.45, 7) is 0. The summed E-state index contributed by atoms with van der Waals surface area (Å²) < 4.78 is 6.38. The Kier molecular flexibility index (Phi) is 5.24. The maximum atomic E-state index is 11.7. The van der Waals surface area contributed by atoms with E-state index in [0.29, 0.717) is 12.2 Å². The van der Waals surface area contributed by atoms with Crippen molar-refractivity contribution in [2.24, 2.45) is 5.73 Å². The molecule has 1 aromatic heterocycles. The van der Waals surface area contributed by atoms with Crippen molar-refractivity contribution in [2.45, 2.75) is 44.2 Å². The Hall–Kier alpha value is -1.28. The number of thioether (sulfide) groups is 1. The molecule has 1 aliphatic heterocycles. The van der Waals surface area contributed by atoms with E-state index in [1.807, 2.05) is 0 Å². The van der Waals surface area contributed by atoms with Crippen molar-refractivity contribution >= 4 is 17.7 Å². The number of carbonyl (C=O) groups is 1. The quantitative estimate of drug-likeness (QED) is 0.741. The van der Waals surface area contributed by atoms with Crippen LogP contribution in [0.3, 0.4) is 0 Å². The summed E-state index contributed by atoms with van der Waals surface area (Å²) in [7, 11) is 0. The standard InChI is InChI=1S/C12H19N3O4S/c13-9(11(16)17)5-6-20-7-8-3-1-2-4-10-14-19-12(18)15(8)10/h8-9H,1-7,13H2,(H,16,17). The molecule has 2 heterocycles. The van der Waals surface area contributed by atoms with Crippen molar-refractivity contribution in [1.29, 1.82) is 0 Å². The minimum atomic E-state index is -0.974. The predicted molar refractivity (Wildman–Crippen MR) is 74.9 cm³/mol. The summed E-state index contributed by atoms with van der Waals surface area (Å²) in [4.78, 5) is 22.3. The van der Waals surface area contributed by atoms with E-state index in [1.54, 1.807) is 16.3 Å². The lowest BCUT2D eigenvalue weighted by Gasteiger charge is -2.15. The zero-order valence-electron chi connectivity index (χ0n) is 11.2. The molecule has 8 heteroatoms. The number of aliphatic carboxylic acids is 1. The minimum Gasteiger partial charge on any atom is -0.480 e. The lowest BCUT2D eigenvalue weighted by Crippen LogP contribution is -2.30. The molecule has 0 aromatic carbocycles. The van der Waals surface area contributed by atoms with Gasteiger partial charge in [-0.25, -0.2) is 4.79 Å². The van der Waals surface area contributed by atoms with Gasteiger partial charge < -0.3 is 10.8 Å². The van der Waals surface area contributed by atoms with E-state index in [4.69, 9.17) is 15.4 Å². The van der Waals surface area contributed by atoms with Crippen LogP contribution in [-0.2, 0) is 11.2 Å². The molecule has 3 N–H and O–H groups in total. The van der Waals surface area contributed by atoms with E-state index in [2.05, 4.69) is 5.16 Å². The second-order valence-corrected chi connectivity index (χ2v) is 6.09.